The number of nitrogen functional groups attached to an aromatic ring is 1. The van der Waals surface area contributed by atoms with E-state index in [9.17, 15) is 14.0 Å². The second-order valence-corrected chi connectivity index (χ2v) is 8.19. The van der Waals surface area contributed by atoms with E-state index in [0.717, 1.165) is 18.5 Å². The number of anilines is 2. The van der Waals surface area contributed by atoms with Gasteiger partial charge in [0, 0.05) is 24.9 Å². The standard InChI is InChI=1S/C19H19ClFN5O3/c20-11-3-4-12-16(17(11)21)19(29-18(28)23-12)5-6-25(9-19)15(27)8-26-14(22)7-13(24-26)10-1-2-10/h3-4,7,10H,1-2,5-6,8-9,22H2,(H,23,28)/t19-/m0/s1. The first-order chi connectivity index (χ1) is 13.9. The fraction of sp³-hybridized carbons (Fsp3) is 0.421. The van der Waals surface area contributed by atoms with Crippen LogP contribution in [0.3, 0.4) is 0 Å². The molecule has 152 valence electrons. The summed E-state index contributed by atoms with van der Waals surface area (Å²) in [6, 6.07) is 4.72. The van der Waals surface area contributed by atoms with Crippen LogP contribution in [-0.2, 0) is 21.7 Å². The van der Waals surface area contributed by atoms with E-state index in [1.165, 1.54) is 16.8 Å². The summed E-state index contributed by atoms with van der Waals surface area (Å²) in [5, 5.41) is 6.86. The van der Waals surface area contributed by atoms with E-state index < -0.39 is 17.5 Å². The first-order valence-corrected chi connectivity index (χ1v) is 9.83. The zero-order valence-electron chi connectivity index (χ0n) is 15.5. The Morgan fingerprint density at radius 3 is 3.00 bits per heavy atom. The summed E-state index contributed by atoms with van der Waals surface area (Å²) < 4.78 is 21.8. The van der Waals surface area contributed by atoms with Crippen LogP contribution >= 0.6 is 11.6 Å². The molecule has 1 aromatic carbocycles. The number of carbonyl (C=O) groups is 2. The number of nitrogens with zero attached hydrogens (tertiary/aromatic N) is 3. The number of halogens is 2. The number of carbonyl (C=O) groups excluding carboxylic acids is 2. The van der Waals surface area contributed by atoms with Gasteiger partial charge >= 0.3 is 6.09 Å². The van der Waals surface area contributed by atoms with Crippen LogP contribution in [0.1, 0.15) is 36.4 Å². The Morgan fingerprint density at radius 1 is 1.45 bits per heavy atom. The Balaban J connectivity index is 1.39. The molecule has 10 heteroatoms. The molecule has 1 aliphatic carbocycles. The number of aromatic nitrogens is 2. The van der Waals surface area contributed by atoms with Crippen molar-refractivity contribution in [2.75, 3.05) is 24.1 Å². The van der Waals surface area contributed by atoms with Crippen molar-refractivity contribution in [1.82, 2.24) is 14.7 Å². The maximum atomic E-state index is 14.8. The minimum atomic E-state index is -1.27. The molecule has 1 atom stereocenters. The molecule has 1 saturated carbocycles. The zero-order valence-corrected chi connectivity index (χ0v) is 16.2. The SMILES string of the molecule is Nc1cc(C2CC2)nn1CC(=O)N1CC[C@@]2(C1)OC(=O)Nc1ccc(Cl)c(F)c12. The number of likely N-dealkylation sites (tertiary alicyclic amines) is 1. The molecular formula is C19H19ClFN5O3. The third-order valence-electron chi connectivity index (χ3n) is 5.77. The molecule has 3 heterocycles. The van der Waals surface area contributed by atoms with Crippen molar-refractivity contribution in [2.45, 2.75) is 37.3 Å². The van der Waals surface area contributed by atoms with Gasteiger partial charge in [-0.3, -0.25) is 10.1 Å². The van der Waals surface area contributed by atoms with Gasteiger partial charge < -0.3 is 15.4 Å². The number of rotatable bonds is 3. The van der Waals surface area contributed by atoms with Gasteiger partial charge in [-0.2, -0.15) is 5.10 Å². The van der Waals surface area contributed by atoms with Crippen LogP contribution in [0.5, 0.6) is 0 Å². The molecule has 0 unspecified atom stereocenters. The lowest BCUT2D eigenvalue weighted by atomic mass is 9.89. The lowest BCUT2D eigenvalue weighted by Crippen LogP contribution is -2.44. The fourth-order valence-corrected chi connectivity index (χ4v) is 4.29. The monoisotopic (exact) mass is 419 g/mol. The average molecular weight is 420 g/mol. The van der Waals surface area contributed by atoms with Gasteiger partial charge in [0.25, 0.3) is 0 Å². The summed E-state index contributed by atoms with van der Waals surface area (Å²) in [4.78, 5) is 26.5. The van der Waals surface area contributed by atoms with Crippen molar-refractivity contribution in [3.05, 3.63) is 40.3 Å². The van der Waals surface area contributed by atoms with E-state index in [0.29, 0.717) is 24.0 Å². The third-order valence-corrected chi connectivity index (χ3v) is 6.06. The summed E-state index contributed by atoms with van der Waals surface area (Å²) in [6.07, 6.45) is 1.77. The molecule has 1 saturated heterocycles. The van der Waals surface area contributed by atoms with Gasteiger partial charge in [0.05, 0.1) is 28.5 Å². The Morgan fingerprint density at radius 2 is 2.24 bits per heavy atom. The first-order valence-electron chi connectivity index (χ1n) is 9.46. The van der Waals surface area contributed by atoms with Gasteiger partial charge in [0.2, 0.25) is 5.91 Å². The highest BCUT2D eigenvalue weighted by Gasteiger charge is 2.50. The van der Waals surface area contributed by atoms with E-state index in [-0.39, 0.29) is 36.0 Å². The first kappa shape index (κ1) is 18.2. The molecule has 2 amide bonds. The van der Waals surface area contributed by atoms with Crippen LogP contribution in [0.25, 0.3) is 0 Å². The van der Waals surface area contributed by atoms with E-state index in [4.69, 9.17) is 22.1 Å². The Hall–Kier alpha value is -2.81. The molecule has 2 fully saturated rings. The number of benzene rings is 1. The molecule has 8 nitrogen and oxygen atoms in total. The largest absolute Gasteiger partial charge is 0.436 e. The Labute approximate surface area is 170 Å². The van der Waals surface area contributed by atoms with Gasteiger partial charge in [-0.15, -0.1) is 0 Å². The molecule has 1 spiro atoms. The molecular weight excluding hydrogens is 401 g/mol. The minimum Gasteiger partial charge on any atom is -0.436 e. The van der Waals surface area contributed by atoms with Gasteiger partial charge in [0.15, 0.2) is 11.4 Å². The van der Waals surface area contributed by atoms with E-state index in [1.54, 1.807) is 11.0 Å². The van der Waals surface area contributed by atoms with Gasteiger partial charge in [-0.1, -0.05) is 11.6 Å². The third kappa shape index (κ3) is 3.00. The lowest BCUT2D eigenvalue weighted by molar-refractivity contribution is -0.132. The van der Waals surface area contributed by atoms with Crippen LogP contribution < -0.4 is 11.1 Å². The highest BCUT2D eigenvalue weighted by Crippen LogP contribution is 2.45. The van der Waals surface area contributed by atoms with Crippen LogP contribution in [0, 0.1) is 5.82 Å². The summed E-state index contributed by atoms with van der Waals surface area (Å²) in [6.45, 7) is 0.333. The molecule has 5 rings (SSSR count). The lowest BCUT2D eigenvalue weighted by Gasteiger charge is -2.35. The molecule has 3 aliphatic rings. The van der Waals surface area contributed by atoms with Gasteiger partial charge in [0.1, 0.15) is 12.4 Å². The van der Waals surface area contributed by atoms with Crippen LogP contribution in [-0.4, -0.2) is 39.8 Å². The van der Waals surface area contributed by atoms with Crippen LogP contribution in [0.4, 0.5) is 20.7 Å². The second-order valence-electron chi connectivity index (χ2n) is 7.78. The van der Waals surface area contributed by atoms with Crippen molar-refractivity contribution in [2.24, 2.45) is 0 Å². The summed E-state index contributed by atoms with van der Waals surface area (Å²) >= 11 is 5.95. The Kier molecular flexibility index (Phi) is 3.99. The topological polar surface area (TPSA) is 102 Å². The average Bonchev–Trinajstić information content (AvgIpc) is 3.35. The molecule has 29 heavy (non-hydrogen) atoms. The molecule has 2 aromatic rings. The van der Waals surface area contributed by atoms with E-state index in [2.05, 4.69) is 10.4 Å². The summed E-state index contributed by atoms with van der Waals surface area (Å²) in [5.41, 5.74) is 6.12. The quantitative estimate of drug-likeness (QED) is 0.796. The van der Waals surface area contributed by atoms with E-state index in [1.807, 2.05) is 0 Å². The molecule has 1 aromatic heterocycles. The second kappa shape index (κ2) is 6.35. The molecule has 0 bridgehead atoms. The maximum absolute atomic E-state index is 14.8. The number of nitrogens with two attached hydrogens (primary N) is 1. The van der Waals surface area contributed by atoms with Gasteiger partial charge in [-0.05, 0) is 25.0 Å². The van der Waals surface area contributed by atoms with Crippen molar-refractivity contribution < 1.29 is 18.7 Å². The number of fused-ring (bicyclic) bond motifs is 2. The van der Waals surface area contributed by atoms with E-state index >= 15 is 0 Å². The number of hydrogen-bond acceptors (Lipinski definition) is 5. The highest BCUT2D eigenvalue weighted by atomic mass is 35.5. The number of amides is 2. The highest BCUT2D eigenvalue weighted by molar-refractivity contribution is 6.31. The van der Waals surface area contributed by atoms with Crippen molar-refractivity contribution in [3.63, 3.8) is 0 Å². The fourth-order valence-electron chi connectivity index (χ4n) is 4.13. The minimum absolute atomic E-state index is 0.0221. The van der Waals surface area contributed by atoms with Gasteiger partial charge in [-0.25, -0.2) is 13.9 Å². The zero-order chi connectivity index (χ0) is 20.3. The number of nitrogens with one attached hydrogen (secondary N) is 1. The maximum Gasteiger partial charge on any atom is 0.412 e. The number of hydrogen-bond donors (Lipinski definition) is 2. The Bertz CT molecular complexity index is 1040. The number of ether oxygens (including phenoxy) is 1. The smallest absolute Gasteiger partial charge is 0.412 e. The van der Waals surface area contributed by atoms with Crippen LogP contribution in [0.2, 0.25) is 5.02 Å². The summed E-state index contributed by atoms with van der Waals surface area (Å²) in [5.74, 6) is -0.00541. The molecule has 3 N–H and O–H groups in total. The predicted octanol–water partition coefficient (Wildman–Crippen LogP) is 2.83. The summed E-state index contributed by atoms with van der Waals surface area (Å²) in [7, 11) is 0. The van der Waals surface area contributed by atoms with Crippen molar-refractivity contribution in [1.29, 1.82) is 0 Å². The van der Waals surface area contributed by atoms with Crippen molar-refractivity contribution in [3.8, 4) is 0 Å². The normalized spacial score (nSPS) is 23.1. The predicted molar refractivity (Wildman–Crippen MR) is 103 cm³/mol. The molecule has 2 aliphatic heterocycles. The van der Waals surface area contributed by atoms with Crippen LogP contribution in [0.15, 0.2) is 18.2 Å². The van der Waals surface area contributed by atoms with Crippen molar-refractivity contribution >= 4 is 35.1 Å². The molecule has 0 radical (unpaired) electrons.